The second-order valence-electron chi connectivity index (χ2n) is 9.84. The standard InChI is InChI=1S/C27H34N6O3/c1-17(2)33-25-22-14-19(6-9-24(22)29-30-26(25)31(4)27(33)34)20-7-8-23(28-15-20)18(3)36-13-12-32-11-10-21(16-32)35-5/h6-9,14-15,17-18,21H,10-13,16H2,1-5H3/t18-,21+/m0/s1. The maximum absolute atomic E-state index is 12.8. The summed E-state index contributed by atoms with van der Waals surface area (Å²) in [7, 11) is 3.52. The zero-order chi connectivity index (χ0) is 25.4. The van der Waals surface area contributed by atoms with Gasteiger partial charge in [-0.05, 0) is 51.0 Å². The van der Waals surface area contributed by atoms with Gasteiger partial charge in [0.25, 0.3) is 0 Å². The third-order valence-electron chi connectivity index (χ3n) is 7.16. The summed E-state index contributed by atoms with van der Waals surface area (Å²) in [6.07, 6.45) is 3.22. The molecule has 0 spiro atoms. The fourth-order valence-corrected chi connectivity index (χ4v) is 5.00. The van der Waals surface area contributed by atoms with Crippen molar-refractivity contribution < 1.29 is 9.47 Å². The predicted octanol–water partition coefficient (Wildman–Crippen LogP) is 3.72. The minimum absolute atomic E-state index is 0.00608. The van der Waals surface area contributed by atoms with Crippen LogP contribution in [-0.2, 0) is 16.5 Å². The summed E-state index contributed by atoms with van der Waals surface area (Å²) in [6.45, 7) is 9.64. The number of hydrogen-bond donors (Lipinski definition) is 0. The first kappa shape index (κ1) is 24.5. The lowest BCUT2D eigenvalue weighted by atomic mass is 10.0. The van der Waals surface area contributed by atoms with Crippen LogP contribution in [0.1, 0.15) is 45.0 Å². The number of likely N-dealkylation sites (tertiary alicyclic amines) is 1. The number of benzene rings is 1. The largest absolute Gasteiger partial charge is 0.380 e. The second kappa shape index (κ2) is 10.1. The molecule has 1 aliphatic rings. The maximum atomic E-state index is 12.8. The van der Waals surface area contributed by atoms with E-state index < -0.39 is 0 Å². The van der Waals surface area contributed by atoms with Crippen molar-refractivity contribution in [2.45, 2.75) is 45.4 Å². The summed E-state index contributed by atoms with van der Waals surface area (Å²) in [5, 5.41) is 9.58. The van der Waals surface area contributed by atoms with E-state index in [1.807, 2.05) is 45.2 Å². The number of pyridine rings is 1. The molecule has 1 aliphatic heterocycles. The maximum Gasteiger partial charge on any atom is 0.330 e. The molecular weight excluding hydrogens is 456 g/mol. The van der Waals surface area contributed by atoms with E-state index in [1.54, 1.807) is 23.3 Å². The van der Waals surface area contributed by atoms with Crippen molar-refractivity contribution in [3.63, 3.8) is 0 Å². The number of nitrogens with zero attached hydrogens (tertiary/aromatic N) is 6. The van der Waals surface area contributed by atoms with Crippen LogP contribution in [0.5, 0.6) is 0 Å². The highest BCUT2D eigenvalue weighted by atomic mass is 16.5. The van der Waals surface area contributed by atoms with Gasteiger partial charge in [0, 0.05) is 57.0 Å². The second-order valence-corrected chi connectivity index (χ2v) is 9.84. The summed E-state index contributed by atoms with van der Waals surface area (Å²) >= 11 is 0. The molecule has 190 valence electrons. The number of aromatic nitrogens is 5. The third kappa shape index (κ3) is 4.54. The van der Waals surface area contributed by atoms with Gasteiger partial charge in [-0.15, -0.1) is 10.2 Å². The van der Waals surface area contributed by atoms with Crippen molar-refractivity contribution >= 4 is 22.1 Å². The molecule has 0 unspecified atom stereocenters. The fraction of sp³-hybridized carbons (Fsp3) is 0.481. The van der Waals surface area contributed by atoms with E-state index in [1.165, 1.54) is 0 Å². The number of methoxy groups -OCH3 is 1. The molecule has 0 radical (unpaired) electrons. The Morgan fingerprint density at radius 2 is 1.92 bits per heavy atom. The number of ether oxygens (including phenoxy) is 2. The van der Waals surface area contributed by atoms with E-state index in [-0.39, 0.29) is 17.8 Å². The number of imidazole rings is 1. The number of rotatable bonds is 8. The van der Waals surface area contributed by atoms with Gasteiger partial charge in [-0.3, -0.25) is 19.0 Å². The van der Waals surface area contributed by atoms with Crippen LogP contribution in [0.4, 0.5) is 0 Å². The van der Waals surface area contributed by atoms with E-state index in [9.17, 15) is 4.79 Å². The van der Waals surface area contributed by atoms with Gasteiger partial charge >= 0.3 is 5.69 Å². The van der Waals surface area contributed by atoms with Gasteiger partial charge in [0.05, 0.1) is 30.0 Å². The minimum atomic E-state index is -0.0875. The Hall–Kier alpha value is -3.14. The smallest absolute Gasteiger partial charge is 0.330 e. The molecule has 9 nitrogen and oxygen atoms in total. The lowest BCUT2D eigenvalue weighted by molar-refractivity contribution is 0.0448. The third-order valence-corrected chi connectivity index (χ3v) is 7.16. The normalized spacial score (nSPS) is 17.6. The molecule has 1 aromatic carbocycles. The van der Waals surface area contributed by atoms with E-state index >= 15 is 0 Å². The molecule has 0 bridgehead atoms. The Kier molecular flexibility index (Phi) is 6.87. The van der Waals surface area contributed by atoms with Crippen LogP contribution in [0.15, 0.2) is 41.3 Å². The molecule has 1 fully saturated rings. The summed E-state index contributed by atoms with van der Waals surface area (Å²) in [5.74, 6) is 0. The van der Waals surface area contributed by atoms with Gasteiger partial charge in [0.2, 0.25) is 0 Å². The predicted molar refractivity (Wildman–Crippen MR) is 140 cm³/mol. The van der Waals surface area contributed by atoms with Gasteiger partial charge in [0.1, 0.15) is 5.52 Å². The van der Waals surface area contributed by atoms with Crippen LogP contribution >= 0.6 is 0 Å². The first-order chi connectivity index (χ1) is 17.4. The van der Waals surface area contributed by atoms with Crippen LogP contribution in [0.3, 0.4) is 0 Å². The molecule has 0 amide bonds. The number of aryl methyl sites for hydroxylation is 1. The van der Waals surface area contributed by atoms with Crippen molar-refractivity contribution in [3.05, 3.63) is 52.7 Å². The summed E-state index contributed by atoms with van der Waals surface area (Å²) in [6, 6.07) is 10.1. The molecule has 3 aromatic heterocycles. The van der Waals surface area contributed by atoms with Gasteiger partial charge in [-0.2, -0.15) is 0 Å². The van der Waals surface area contributed by atoms with E-state index in [2.05, 4.69) is 27.2 Å². The van der Waals surface area contributed by atoms with Crippen LogP contribution < -0.4 is 5.69 Å². The van der Waals surface area contributed by atoms with Crippen molar-refractivity contribution in [3.8, 4) is 11.1 Å². The molecule has 2 atom stereocenters. The molecule has 5 rings (SSSR count). The first-order valence-corrected chi connectivity index (χ1v) is 12.6. The first-order valence-electron chi connectivity index (χ1n) is 12.6. The molecule has 36 heavy (non-hydrogen) atoms. The topological polar surface area (TPSA) is 87.3 Å². The lowest BCUT2D eigenvalue weighted by Crippen LogP contribution is -2.27. The highest BCUT2D eigenvalue weighted by Gasteiger charge is 2.22. The highest BCUT2D eigenvalue weighted by Crippen LogP contribution is 2.29. The van der Waals surface area contributed by atoms with Gasteiger partial charge in [-0.1, -0.05) is 12.1 Å². The van der Waals surface area contributed by atoms with E-state index in [0.717, 1.165) is 59.3 Å². The summed E-state index contributed by atoms with van der Waals surface area (Å²) < 4.78 is 14.8. The molecule has 0 aliphatic carbocycles. The Bertz CT molecular complexity index is 1430. The molecule has 0 saturated carbocycles. The number of hydrogen-bond acceptors (Lipinski definition) is 7. The summed E-state index contributed by atoms with van der Waals surface area (Å²) in [4.78, 5) is 19.9. The SMILES string of the molecule is CO[C@@H]1CCN(CCO[C@@H](C)c2ccc(-c3ccc4nnc5c(c4c3)n(C(C)C)c(=O)n5C)cn2)C1. The molecule has 0 N–H and O–H groups in total. The molecule has 1 saturated heterocycles. The monoisotopic (exact) mass is 490 g/mol. The Labute approximate surface area is 210 Å². The highest BCUT2D eigenvalue weighted by molar-refractivity contribution is 6.02. The van der Waals surface area contributed by atoms with E-state index in [4.69, 9.17) is 14.5 Å². The van der Waals surface area contributed by atoms with Gasteiger partial charge in [0.15, 0.2) is 5.65 Å². The molecule has 9 heteroatoms. The Balaban J connectivity index is 1.35. The summed E-state index contributed by atoms with van der Waals surface area (Å²) in [5.41, 5.74) is 4.98. The van der Waals surface area contributed by atoms with Gasteiger partial charge < -0.3 is 9.47 Å². The van der Waals surface area contributed by atoms with Crippen molar-refractivity contribution in [2.75, 3.05) is 33.4 Å². The Morgan fingerprint density at radius 1 is 1.11 bits per heavy atom. The average Bonchev–Trinajstić information content (AvgIpc) is 3.46. The zero-order valence-electron chi connectivity index (χ0n) is 21.6. The number of fused-ring (bicyclic) bond motifs is 3. The average molecular weight is 491 g/mol. The quantitative estimate of drug-likeness (QED) is 0.372. The molecule has 4 aromatic rings. The van der Waals surface area contributed by atoms with Crippen molar-refractivity contribution in [1.82, 2.24) is 29.2 Å². The van der Waals surface area contributed by atoms with Crippen molar-refractivity contribution in [2.24, 2.45) is 7.05 Å². The molecule has 4 heterocycles. The van der Waals surface area contributed by atoms with E-state index in [0.29, 0.717) is 18.4 Å². The van der Waals surface area contributed by atoms with Crippen molar-refractivity contribution in [1.29, 1.82) is 0 Å². The molecular formula is C27H34N6O3. The van der Waals surface area contributed by atoms with Crippen LogP contribution in [0.25, 0.3) is 33.2 Å². The minimum Gasteiger partial charge on any atom is -0.380 e. The van der Waals surface area contributed by atoms with Crippen LogP contribution in [0, 0.1) is 0 Å². The lowest BCUT2D eigenvalue weighted by Gasteiger charge is -2.18. The fourth-order valence-electron chi connectivity index (χ4n) is 5.00. The zero-order valence-corrected chi connectivity index (χ0v) is 21.6. The Morgan fingerprint density at radius 3 is 2.61 bits per heavy atom. The van der Waals surface area contributed by atoms with Gasteiger partial charge in [-0.25, -0.2) is 4.79 Å². The van der Waals surface area contributed by atoms with Crippen LogP contribution in [0.2, 0.25) is 0 Å². The van der Waals surface area contributed by atoms with Crippen LogP contribution in [-0.4, -0.2) is 68.7 Å².